The van der Waals surface area contributed by atoms with E-state index in [0.29, 0.717) is 32.4 Å². The SMILES string of the molecule is CC(C)CC(CNC(=O)N1CCC(C)(O)CC1)C(=O)O. The molecule has 6 nitrogen and oxygen atoms in total. The van der Waals surface area contributed by atoms with E-state index in [0.717, 1.165) is 0 Å². The smallest absolute Gasteiger partial charge is 0.317 e. The molecule has 0 saturated carbocycles. The molecule has 1 rings (SSSR count). The van der Waals surface area contributed by atoms with Crippen LogP contribution in [0.1, 0.15) is 40.0 Å². The van der Waals surface area contributed by atoms with Crippen molar-refractivity contribution in [2.24, 2.45) is 11.8 Å². The summed E-state index contributed by atoms with van der Waals surface area (Å²) in [5.41, 5.74) is -0.696. The normalized spacial score (nSPS) is 19.8. The van der Waals surface area contributed by atoms with Crippen molar-refractivity contribution >= 4 is 12.0 Å². The summed E-state index contributed by atoms with van der Waals surface area (Å²) in [6.07, 6.45) is 1.65. The van der Waals surface area contributed by atoms with E-state index in [4.69, 9.17) is 5.11 Å². The van der Waals surface area contributed by atoms with Crippen LogP contribution in [-0.2, 0) is 4.79 Å². The Labute approximate surface area is 120 Å². The summed E-state index contributed by atoms with van der Waals surface area (Å²) >= 11 is 0. The molecule has 0 aromatic rings. The minimum Gasteiger partial charge on any atom is -0.481 e. The fourth-order valence-corrected chi connectivity index (χ4v) is 2.35. The van der Waals surface area contributed by atoms with E-state index in [2.05, 4.69) is 5.32 Å². The summed E-state index contributed by atoms with van der Waals surface area (Å²) in [5, 5.41) is 21.6. The van der Waals surface area contributed by atoms with E-state index in [1.54, 1.807) is 11.8 Å². The van der Waals surface area contributed by atoms with Gasteiger partial charge in [-0.1, -0.05) is 13.8 Å². The van der Waals surface area contributed by atoms with Gasteiger partial charge in [-0.05, 0) is 32.1 Å². The molecule has 0 bridgehead atoms. The molecule has 1 aliphatic rings. The fraction of sp³-hybridized carbons (Fsp3) is 0.857. The second kappa shape index (κ2) is 6.92. The molecular weight excluding hydrogens is 260 g/mol. The number of nitrogens with zero attached hydrogens (tertiary/aromatic N) is 1. The second-order valence-corrected chi connectivity index (χ2v) is 6.33. The molecule has 0 aliphatic carbocycles. The molecule has 20 heavy (non-hydrogen) atoms. The van der Waals surface area contributed by atoms with Gasteiger partial charge in [-0.25, -0.2) is 4.79 Å². The van der Waals surface area contributed by atoms with Crippen LogP contribution in [0.15, 0.2) is 0 Å². The quantitative estimate of drug-likeness (QED) is 0.710. The Morgan fingerprint density at radius 1 is 1.30 bits per heavy atom. The Morgan fingerprint density at radius 2 is 1.85 bits per heavy atom. The van der Waals surface area contributed by atoms with Gasteiger partial charge in [-0.2, -0.15) is 0 Å². The summed E-state index contributed by atoms with van der Waals surface area (Å²) in [6, 6.07) is -0.240. The van der Waals surface area contributed by atoms with Crippen LogP contribution in [0.2, 0.25) is 0 Å². The number of carboxylic acid groups (broad SMARTS) is 1. The molecule has 116 valence electrons. The summed E-state index contributed by atoms with van der Waals surface area (Å²) in [7, 11) is 0. The molecule has 3 N–H and O–H groups in total. The van der Waals surface area contributed by atoms with Gasteiger partial charge in [-0.15, -0.1) is 0 Å². The highest BCUT2D eigenvalue weighted by molar-refractivity contribution is 5.76. The standard InChI is InChI=1S/C14H26N2O4/c1-10(2)8-11(12(17)18)9-15-13(19)16-6-4-14(3,20)5-7-16/h10-11,20H,4-9H2,1-3H3,(H,15,19)(H,17,18). The van der Waals surface area contributed by atoms with Crippen LogP contribution in [-0.4, -0.2) is 52.3 Å². The number of likely N-dealkylation sites (tertiary alicyclic amines) is 1. The molecule has 1 aliphatic heterocycles. The lowest BCUT2D eigenvalue weighted by molar-refractivity contribution is -0.142. The minimum absolute atomic E-state index is 0.152. The van der Waals surface area contributed by atoms with E-state index >= 15 is 0 Å². The first-order valence-electron chi connectivity index (χ1n) is 7.19. The lowest BCUT2D eigenvalue weighted by Crippen LogP contribution is -2.49. The number of urea groups is 1. The summed E-state index contributed by atoms with van der Waals surface area (Å²) in [4.78, 5) is 24.7. The van der Waals surface area contributed by atoms with Crippen LogP contribution in [0, 0.1) is 11.8 Å². The zero-order valence-electron chi connectivity index (χ0n) is 12.6. The van der Waals surface area contributed by atoms with Crippen LogP contribution in [0.4, 0.5) is 4.79 Å². The highest BCUT2D eigenvalue weighted by atomic mass is 16.4. The van der Waals surface area contributed by atoms with E-state index < -0.39 is 17.5 Å². The molecule has 0 aromatic heterocycles. The third-order valence-corrected chi connectivity index (χ3v) is 3.73. The molecule has 1 fully saturated rings. The van der Waals surface area contributed by atoms with Crippen molar-refractivity contribution in [3.05, 3.63) is 0 Å². The van der Waals surface area contributed by atoms with Crippen LogP contribution in [0.5, 0.6) is 0 Å². The van der Waals surface area contributed by atoms with Gasteiger partial charge in [-0.3, -0.25) is 4.79 Å². The summed E-state index contributed by atoms with van der Waals surface area (Å²) in [6.45, 7) is 6.85. The first-order chi connectivity index (χ1) is 9.21. The first kappa shape index (κ1) is 16.8. The van der Waals surface area contributed by atoms with Gasteiger partial charge in [0, 0.05) is 19.6 Å². The predicted octanol–water partition coefficient (Wildman–Crippen LogP) is 1.29. The Balaban J connectivity index is 2.40. The van der Waals surface area contributed by atoms with E-state index in [1.165, 1.54) is 0 Å². The molecule has 6 heteroatoms. The number of piperidine rings is 1. The maximum absolute atomic E-state index is 12.0. The molecule has 0 spiro atoms. The molecule has 0 radical (unpaired) electrons. The van der Waals surface area contributed by atoms with E-state index in [1.807, 2.05) is 13.8 Å². The lowest BCUT2D eigenvalue weighted by Gasteiger charge is -2.35. The van der Waals surface area contributed by atoms with Crippen molar-refractivity contribution in [1.29, 1.82) is 0 Å². The summed E-state index contributed by atoms with van der Waals surface area (Å²) < 4.78 is 0. The van der Waals surface area contributed by atoms with Gasteiger partial charge < -0.3 is 20.4 Å². The maximum Gasteiger partial charge on any atom is 0.317 e. The number of nitrogens with one attached hydrogen (secondary N) is 1. The summed E-state index contributed by atoms with van der Waals surface area (Å²) in [5.74, 6) is -1.15. The molecular formula is C14H26N2O4. The van der Waals surface area contributed by atoms with Gasteiger partial charge in [0.05, 0.1) is 11.5 Å². The Hall–Kier alpha value is -1.30. The number of carbonyl (C=O) groups excluding carboxylic acids is 1. The Bertz CT molecular complexity index is 345. The highest BCUT2D eigenvalue weighted by Gasteiger charge is 2.30. The number of aliphatic carboxylic acids is 1. The third kappa shape index (κ3) is 5.36. The Kier molecular flexibility index (Phi) is 5.80. The second-order valence-electron chi connectivity index (χ2n) is 6.33. The van der Waals surface area contributed by atoms with Crippen molar-refractivity contribution in [3.63, 3.8) is 0 Å². The van der Waals surface area contributed by atoms with Gasteiger partial charge >= 0.3 is 12.0 Å². The van der Waals surface area contributed by atoms with Gasteiger partial charge in [0.1, 0.15) is 0 Å². The molecule has 2 amide bonds. The number of hydrogen-bond donors (Lipinski definition) is 3. The van der Waals surface area contributed by atoms with Crippen LogP contribution >= 0.6 is 0 Å². The maximum atomic E-state index is 12.0. The number of aliphatic hydroxyl groups is 1. The minimum atomic E-state index is -0.874. The lowest BCUT2D eigenvalue weighted by atomic mass is 9.94. The van der Waals surface area contributed by atoms with E-state index in [9.17, 15) is 14.7 Å². The van der Waals surface area contributed by atoms with Crippen molar-refractivity contribution in [1.82, 2.24) is 10.2 Å². The molecule has 1 atom stereocenters. The first-order valence-corrected chi connectivity index (χ1v) is 7.19. The fourth-order valence-electron chi connectivity index (χ4n) is 2.35. The average molecular weight is 286 g/mol. The van der Waals surface area contributed by atoms with Crippen molar-refractivity contribution in [2.75, 3.05) is 19.6 Å². The number of hydrogen-bond acceptors (Lipinski definition) is 3. The Morgan fingerprint density at radius 3 is 2.30 bits per heavy atom. The monoisotopic (exact) mass is 286 g/mol. The zero-order chi connectivity index (χ0) is 15.3. The van der Waals surface area contributed by atoms with E-state index in [-0.39, 0.29) is 18.5 Å². The molecule has 1 heterocycles. The molecule has 0 aromatic carbocycles. The number of amides is 2. The predicted molar refractivity (Wildman–Crippen MR) is 75.4 cm³/mol. The molecule has 1 unspecified atom stereocenters. The van der Waals surface area contributed by atoms with Crippen LogP contribution in [0.25, 0.3) is 0 Å². The van der Waals surface area contributed by atoms with Crippen LogP contribution in [0.3, 0.4) is 0 Å². The van der Waals surface area contributed by atoms with Crippen molar-refractivity contribution < 1.29 is 19.8 Å². The van der Waals surface area contributed by atoms with Gasteiger partial charge in [0.25, 0.3) is 0 Å². The van der Waals surface area contributed by atoms with Gasteiger partial charge in [0.2, 0.25) is 0 Å². The number of rotatable bonds is 5. The number of carboxylic acids is 1. The van der Waals surface area contributed by atoms with Crippen molar-refractivity contribution in [2.45, 2.75) is 45.6 Å². The molecule has 1 saturated heterocycles. The largest absolute Gasteiger partial charge is 0.481 e. The zero-order valence-corrected chi connectivity index (χ0v) is 12.6. The van der Waals surface area contributed by atoms with Crippen molar-refractivity contribution in [3.8, 4) is 0 Å². The average Bonchev–Trinajstić information content (AvgIpc) is 2.33. The topological polar surface area (TPSA) is 89.9 Å². The van der Waals surface area contributed by atoms with Gasteiger partial charge in [0.15, 0.2) is 0 Å². The third-order valence-electron chi connectivity index (χ3n) is 3.73. The van der Waals surface area contributed by atoms with Crippen LogP contribution < -0.4 is 5.32 Å². The number of carbonyl (C=O) groups is 2. The highest BCUT2D eigenvalue weighted by Crippen LogP contribution is 2.21.